The lowest BCUT2D eigenvalue weighted by atomic mass is 10.2. The van der Waals surface area contributed by atoms with Crippen LogP contribution in [0.2, 0.25) is 0 Å². The van der Waals surface area contributed by atoms with Crippen LogP contribution in [0.3, 0.4) is 0 Å². The van der Waals surface area contributed by atoms with Crippen LogP contribution in [0.25, 0.3) is 0 Å². The summed E-state index contributed by atoms with van der Waals surface area (Å²) in [5, 5.41) is 0. The van der Waals surface area contributed by atoms with E-state index in [0.29, 0.717) is 17.5 Å². The van der Waals surface area contributed by atoms with E-state index in [1.165, 1.54) is 31.5 Å². The molecule has 0 unspecified atom stereocenters. The molecule has 2 aromatic rings. The van der Waals surface area contributed by atoms with Crippen LogP contribution in [0.5, 0.6) is 17.2 Å². The quantitative estimate of drug-likeness (QED) is 0.676. The first-order valence-electron chi connectivity index (χ1n) is 8.61. The molecular formula is C20H24FNO2. The molecule has 1 atom stereocenters. The lowest BCUT2D eigenvalue weighted by Crippen LogP contribution is -2.28. The minimum absolute atomic E-state index is 0.269. The number of likely N-dealkylation sites (tertiary alicyclic amines) is 1. The van der Waals surface area contributed by atoms with E-state index < -0.39 is 0 Å². The molecule has 1 fully saturated rings. The predicted octanol–water partition coefficient (Wildman–Crippen LogP) is 4.87. The van der Waals surface area contributed by atoms with Gasteiger partial charge < -0.3 is 14.4 Å². The molecule has 24 heavy (non-hydrogen) atoms. The summed E-state index contributed by atoms with van der Waals surface area (Å²) < 4.78 is 24.3. The Hall–Kier alpha value is -2.07. The smallest absolute Gasteiger partial charge is 0.127 e. The van der Waals surface area contributed by atoms with Crippen LogP contribution < -0.4 is 9.47 Å². The highest BCUT2D eigenvalue weighted by atomic mass is 19.1. The number of nitrogens with zero attached hydrogens (tertiary/aromatic N) is 1. The Balaban J connectivity index is 1.42. The van der Waals surface area contributed by atoms with Gasteiger partial charge in [0.15, 0.2) is 0 Å². The second kappa shape index (κ2) is 8.15. The average Bonchev–Trinajstić information content (AvgIpc) is 3.00. The molecule has 0 aliphatic carbocycles. The van der Waals surface area contributed by atoms with E-state index in [0.717, 1.165) is 25.3 Å². The predicted molar refractivity (Wildman–Crippen MR) is 93.3 cm³/mol. The Kier molecular flexibility index (Phi) is 5.70. The molecule has 3 nitrogen and oxygen atoms in total. The zero-order chi connectivity index (χ0) is 16.8. The van der Waals surface area contributed by atoms with Crippen molar-refractivity contribution in [2.24, 2.45) is 0 Å². The van der Waals surface area contributed by atoms with E-state index in [-0.39, 0.29) is 5.82 Å². The summed E-state index contributed by atoms with van der Waals surface area (Å²) in [5.41, 5.74) is 0. The summed E-state index contributed by atoms with van der Waals surface area (Å²) in [6, 6.07) is 14.2. The molecule has 128 valence electrons. The fourth-order valence-electron chi connectivity index (χ4n) is 3.03. The number of benzene rings is 2. The van der Waals surface area contributed by atoms with Gasteiger partial charge in [0, 0.05) is 12.6 Å². The molecule has 1 aliphatic heterocycles. The van der Waals surface area contributed by atoms with Gasteiger partial charge in [-0.25, -0.2) is 4.39 Å². The lowest BCUT2D eigenvalue weighted by Gasteiger charge is -2.20. The summed E-state index contributed by atoms with van der Waals surface area (Å²) in [5.74, 6) is 1.90. The zero-order valence-corrected chi connectivity index (χ0v) is 14.1. The van der Waals surface area contributed by atoms with Crippen LogP contribution in [0.15, 0.2) is 48.5 Å². The minimum atomic E-state index is -0.269. The Labute approximate surface area is 143 Å². The molecule has 0 spiro atoms. The summed E-state index contributed by atoms with van der Waals surface area (Å²) in [6.45, 7) is 5.35. The van der Waals surface area contributed by atoms with E-state index in [1.54, 1.807) is 12.1 Å². The third kappa shape index (κ3) is 4.71. The molecule has 1 heterocycles. The molecule has 2 aromatic carbocycles. The van der Waals surface area contributed by atoms with Gasteiger partial charge in [-0.1, -0.05) is 0 Å². The summed E-state index contributed by atoms with van der Waals surface area (Å²) in [4.78, 5) is 2.53. The Morgan fingerprint density at radius 2 is 1.62 bits per heavy atom. The number of halogens is 1. The molecule has 0 N–H and O–H groups in total. The van der Waals surface area contributed by atoms with Gasteiger partial charge in [-0.2, -0.15) is 0 Å². The number of hydrogen-bond acceptors (Lipinski definition) is 3. The molecule has 3 rings (SSSR count). The molecule has 0 bridgehead atoms. The molecule has 0 saturated carbocycles. The van der Waals surface area contributed by atoms with Crippen molar-refractivity contribution in [3.63, 3.8) is 0 Å². The summed E-state index contributed by atoms with van der Waals surface area (Å²) in [7, 11) is 0. The Morgan fingerprint density at radius 1 is 1.00 bits per heavy atom. The van der Waals surface area contributed by atoms with Crippen molar-refractivity contribution in [3.05, 3.63) is 54.3 Å². The van der Waals surface area contributed by atoms with E-state index in [4.69, 9.17) is 9.47 Å². The second-order valence-electron chi connectivity index (χ2n) is 6.26. The fraction of sp³-hybridized carbons (Fsp3) is 0.400. The molecule has 0 aromatic heterocycles. The van der Waals surface area contributed by atoms with Crippen molar-refractivity contribution < 1.29 is 13.9 Å². The minimum Gasteiger partial charge on any atom is -0.494 e. The third-order valence-corrected chi connectivity index (χ3v) is 4.42. The van der Waals surface area contributed by atoms with Crippen molar-refractivity contribution in [3.8, 4) is 17.2 Å². The van der Waals surface area contributed by atoms with Crippen LogP contribution in [0, 0.1) is 5.82 Å². The average molecular weight is 329 g/mol. The SMILES string of the molecule is C[C@@H]1CCCN1CCCOc1ccc(Oc2ccc(F)cc2)cc1. The van der Waals surface area contributed by atoms with Gasteiger partial charge in [0.05, 0.1) is 6.61 Å². The molecular weight excluding hydrogens is 305 g/mol. The second-order valence-corrected chi connectivity index (χ2v) is 6.26. The number of ether oxygens (including phenoxy) is 2. The summed E-state index contributed by atoms with van der Waals surface area (Å²) in [6.07, 6.45) is 3.67. The highest BCUT2D eigenvalue weighted by molar-refractivity contribution is 5.35. The normalized spacial score (nSPS) is 17.8. The van der Waals surface area contributed by atoms with E-state index in [2.05, 4.69) is 11.8 Å². The Morgan fingerprint density at radius 3 is 2.25 bits per heavy atom. The summed E-state index contributed by atoms with van der Waals surface area (Å²) >= 11 is 0. The maximum absolute atomic E-state index is 12.9. The van der Waals surface area contributed by atoms with Gasteiger partial charge in [-0.3, -0.25) is 0 Å². The van der Waals surface area contributed by atoms with Gasteiger partial charge >= 0.3 is 0 Å². The molecule has 4 heteroatoms. The zero-order valence-electron chi connectivity index (χ0n) is 14.1. The van der Waals surface area contributed by atoms with Gasteiger partial charge in [-0.05, 0) is 81.3 Å². The van der Waals surface area contributed by atoms with Gasteiger partial charge in [0.25, 0.3) is 0 Å². The van der Waals surface area contributed by atoms with Crippen LogP contribution in [0.4, 0.5) is 4.39 Å². The topological polar surface area (TPSA) is 21.7 Å². The first kappa shape index (κ1) is 16.8. The largest absolute Gasteiger partial charge is 0.494 e. The van der Waals surface area contributed by atoms with Gasteiger partial charge in [0.1, 0.15) is 23.1 Å². The van der Waals surface area contributed by atoms with Crippen LogP contribution in [0.1, 0.15) is 26.2 Å². The number of rotatable bonds is 7. The first-order valence-corrected chi connectivity index (χ1v) is 8.61. The first-order chi connectivity index (χ1) is 11.7. The maximum atomic E-state index is 12.9. The number of hydrogen-bond donors (Lipinski definition) is 0. The van der Waals surface area contributed by atoms with Crippen molar-refractivity contribution in [1.82, 2.24) is 4.90 Å². The highest BCUT2D eigenvalue weighted by Crippen LogP contribution is 2.24. The van der Waals surface area contributed by atoms with Crippen LogP contribution >= 0.6 is 0 Å². The molecule has 1 aliphatic rings. The van der Waals surface area contributed by atoms with Crippen LogP contribution in [-0.4, -0.2) is 30.6 Å². The Bertz CT molecular complexity index is 627. The van der Waals surface area contributed by atoms with E-state index in [9.17, 15) is 4.39 Å². The van der Waals surface area contributed by atoms with E-state index >= 15 is 0 Å². The van der Waals surface area contributed by atoms with Crippen molar-refractivity contribution >= 4 is 0 Å². The van der Waals surface area contributed by atoms with Crippen molar-refractivity contribution in [2.45, 2.75) is 32.2 Å². The molecule has 0 radical (unpaired) electrons. The fourth-order valence-corrected chi connectivity index (χ4v) is 3.03. The monoisotopic (exact) mass is 329 g/mol. The lowest BCUT2D eigenvalue weighted by molar-refractivity contribution is 0.230. The van der Waals surface area contributed by atoms with Crippen LogP contribution in [-0.2, 0) is 0 Å². The molecule has 1 saturated heterocycles. The van der Waals surface area contributed by atoms with Gasteiger partial charge in [0.2, 0.25) is 0 Å². The maximum Gasteiger partial charge on any atom is 0.127 e. The van der Waals surface area contributed by atoms with Crippen molar-refractivity contribution in [1.29, 1.82) is 0 Å². The van der Waals surface area contributed by atoms with Gasteiger partial charge in [-0.15, -0.1) is 0 Å². The molecule has 0 amide bonds. The van der Waals surface area contributed by atoms with E-state index in [1.807, 2.05) is 24.3 Å². The highest BCUT2D eigenvalue weighted by Gasteiger charge is 2.18. The standard InChI is InChI=1S/C20H24FNO2/c1-16-4-2-13-22(16)14-3-15-23-18-9-11-20(12-10-18)24-19-7-5-17(21)6-8-19/h5-12,16H,2-4,13-15H2,1H3/t16-/m1/s1. The third-order valence-electron chi connectivity index (χ3n) is 4.42. The van der Waals surface area contributed by atoms with Crippen molar-refractivity contribution in [2.75, 3.05) is 19.7 Å².